The third-order valence-corrected chi connectivity index (χ3v) is 3.15. The van der Waals surface area contributed by atoms with Gasteiger partial charge in [0.15, 0.2) is 0 Å². The van der Waals surface area contributed by atoms with E-state index in [1.54, 1.807) is 6.07 Å². The van der Waals surface area contributed by atoms with Crippen LogP contribution in [-0.4, -0.2) is 13.1 Å². The third-order valence-electron chi connectivity index (χ3n) is 3.15. The molecule has 1 aromatic carbocycles. The fraction of sp³-hybridized carbons (Fsp3) is 0.462. The smallest absolute Gasteiger partial charge is 0.0992 e. The first-order valence-corrected chi connectivity index (χ1v) is 5.79. The molecule has 0 amide bonds. The van der Waals surface area contributed by atoms with Crippen LogP contribution in [0.25, 0.3) is 0 Å². The highest BCUT2D eigenvalue weighted by atomic mass is 15.2. The largest absolute Gasteiger partial charge is 0.397 e. The number of hydrogen-bond acceptors (Lipinski definition) is 3. The van der Waals surface area contributed by atoms with Gasteiger partial charge in [0.25, 0.3) is 0 Å². The maximum atomic E-state index is 8.76. The SMILES string of the molecule is CCCC1CN(c2ccc(C#N)cc2N)C1. The summed E-state index contributed by atoms with van der Waals surface area (Å²) in [7, 11) is 0. The fourth-order valence-electron chi connectivity index (χ4n) is 2.27. The second-order valence-electron chi connectivity index (χ2n) is 4.45. The normalized spacial score (nSPS) is 15.6. The quantitative estimate of drug-likeness (QED) is 0.787. The molecule has 1 saturated heterocycles. The van der Waals surface area contributed by atoms with Crippen LogP contribution in [0.5, 0.6) is 0 Å². The number of nitrogens with two attached hydrogens (primary N) is 1. The van der Waals surface area contributed by atoms with Crippen molar-refractivity contribution in [2.24, 2.45) is 5.92 Å². The Hall–Kier alpha value is -1.69. The van der Waals surface area contributed by atoms with Crippen LogP contribution in [0, 0.1) is 17.2 Å². The van der Waals surface area contributed by atoms with Gasteiger partial charge < -0.3 is 10.6 Å². The Morgan fingerprint density at radius 3 is 2.81 bits per heavy atom. The molecule has 0 unspecified atom stereocenters. The summed E-state index contributed by atoms with van der Waals surface area (Å²) in [5.41, 5.74) is 8.36. The predicted molar refractivity (Wildman–Crippen MR) is 66.2 cm³/mol. The Morgan fingerprint density at radius 2 is 2.25 bits per heavy atom. The maximum Gasteiger partial charge on any atom is 0.0992 e. The van der Waals surface area contributed by atoms with Gasteiger partial charge in [-0.05, 0) is 30.5 Å². The van der Waals surface area contributed by atoms with Crippen LogP contribution < -0.4 is 10.6 Å². The highest BCUT2D eigenvalue weighted by Crippen LogP contribution is 2.31. The van der Waals surface area contributed by atoms with Gasteiger partial charge in [0.1, 0.15) is 0 Å². The Balaban J connectivity index is 2.04. The van der Waals surface area contributed by atoms with Crippen molar-refractivity contribution in [1.82, 2.24) is 0 Å². The zero-order valence-electron chi connectivity index (χ0n) is 9.61. The lowest BCUT2D eigenvalue weighted by molar-refractivity contribution is 0.381. The Bertz CT molecular complexity index is 414. The molecule has 16 heavy (non-hydrogen) atoms. The molecular formula is C13H17N3. The van der Waals surface area contributed by atoms with E-state index >= 15 is 0 Å². The molecule has 84 valence electrons. The van der Waals surface area contributed by atoms with Crippen molar-refractivity contribution in [3.05, 3.63) is 23.8 Å². The lowest BCUT2D eigenvalue weighted by Crippen LogP contribution is -2.46. The van der Waals surface area contributed by atoms with E-state index < -0.39 is 0 Å². The first-order chi connectivity index (χ1) is 7.74. The molecule has 0 aromatic heterocycles. The molecule has 1 heterocycles. The van der Waals surface area contributed by atoms with E-state index in [9.17, 15) is 0 Å². The van der Waals surface area contributed by atoms with Gasteiger partial charge >= 0.3 is 0 Å². The summed E-state index contributed by atoms with van der Waals surface area (Å²) in [6.07, 6.45) is 2.55. The number of nitrogens with zero attached hydrogens (tertiary/aromatic N) is 2. The van der Waals surface area contributed by atoms with Gasteiger partial charge in [0.2, 0.25) is 0 Å². The van der Waals surface area contributed by atoms with E-state index in [0.29, 0.717) is 11.3 Å². The Labute approximate surface area is 96.5 Å². The predicted octanol–water partition coefficient (Wildman–Crippen LogP) is 2.38. The highest BCUT2D eigenvalue weighted by molar-refractivity contribution is 5.70. The Morgan fingerprint density at radius 1 is 1.50 bits per heavy atom. The summed E-state index contributed by atoms with van der Waals surface area (Å²) >= 11 is 0. The van der Waals surface area contributed by atoms with Crippen LogP contribution in [0.4, 0.5) is 11.4 Å². The van der Waals surface area contributed by atoms with Crippen molar-refractivity contribution < 1.29 is 0 Å². The third kappa shape index (κ3) is 1.96. The molecule has 2 rings (SSSR count). The van der Waals surface area contributed by atoms with Crippen molar-refractivity contribution in [2.45, 2.75) is 19.8 Å². The first-order valence-electron chi connectivity index (χ1n) is 5.79. The average Bonchev–Trinajstić information content (AvgIpc) is 2.23. The van der Waals surface area contributed by atoms with Gasteiger partial charge in [-0.2, -0.15) is 5.26 Å². The molecule has 1 aromatic rings. The second kappa shape index (κ2) is 4.44. The minimum Gasteiger partial charge on any atom is -0.397 e. The van der Waals surface area contributed by atoms with Gasteiger partial charge in [-0.1, -0.05) is 13.3 Å². The number of anilines is 2. The Kier molecular flexibility index (Phi) is 3.00. The number of nitrogen functional groups attached to an aromatic ring is 1. The summed E-state index contributed by atoms with van der Waals surface area (Å²) in [6, 6.07) is 7.64. The van der Waals surface area contributed by atoms with Crippen LogP contribution >= 0.6 is 0 Å². The fourth-order valence-corrected chi connectivity index (χ4v) is 2.27. The van der Waals surface area contributed by atoms with Crippen LogP contribution in [0.2, 0.25) is 0 Å². The van der Waals surface area contributed by atoms with E-state index in [1.165, 1.54) is 12.8 Å². The van der Waals surface area contributed by atoms with Gasteiger partial charge in [-0.15, -0.1) is 0 Å². The molecule has 3 heteroatoms. The monoisotopic (exact) mass is 215 g/mol. The molecule has 0 aliphatic carbocycles. The van der Waals surface area contributed by atoms with Gasteiger partial charge in [0.05, 0.1) is 23.0 Å². The van der Waals surface area contributed by atoms with Crippen molar-refractivity contribution in [3.63, 3.8) is 0 Å². The van der Waals surface area contributed by atoms with Crippen LogP contribution in [0.1, 0.15) is 25.3 Å². The lowest BCUT2D eigenvalue weighted by Gasteiger charge is -2.41. The topological polar surface area (TPSA) is 53.0 Å². The molecule has 1 aliphatic heterocycles. The zero-order valence-corrected chi connectivity index (χ0v) is 9.61. The number of benzene rings is 1. The molecule has 0 saturated carbocycles. The van der Waals surface area contributed by atoms with Crippen molar-refractivity contribution in [1.29, 1.82) is 5.26 Å². The molecule has 1 fully saturated rings. The van der Waals surface area contributed by atoms with Crippen molar-refractivity contribution >= 4 is 11.4 Å². The van der Waals surface area contributed by atoms with E-state index in [1.807, 2.05) is 12.1 Å². The van der Waals surface area contributed by atoms with Gasteiger partial charge in [-0.3, -0.25) is 0 Å². The summed E-state index contributed by atoms with van der Waals surface area (Å²) in [6.45, 7) is 4.42. The van der Waals surface area contributed by atoms with Crippen LogP contribution in [0.3, 0.4) is 0 Å². The maximum absolute atomic E-state index is 8.76. The molecule has 0 bridgehead atoms. The lowest BCUT2D eigenvalue weighted by atomic mass is 9.94. The van der Waals surface area contributed by atoms with Gasteiger partial charge in [0, 0.05) is 13.1 Å². The summed E-state index contributed by atoms with van der Waals surface area (Å²) < 4.78 is 0. The van der Waals surface area contributed by atoms with E-state index in [0.717, 1.165) is 24.7 Å². The number of rotatable bonds is 3. The first kappa shape index (κ1) is 10.8. The standard InChI is InChI=1S/C13H17N3/c1-2-3-11-8-16(9-11)13-5-4-10(7-14)6-12(13)15/h4-6,11H,2-3,8-9,15H2,1H3. The number of nitriles is 1. The molecular weight excluding hydrogens is 198 g/mol. The number of hydrogen-bond donors (Lipinski definition) is 1. The van der Waals surface area contributed by atoms with Crippen molar-refractivity contribution in [3.8, 4) is 6.07 Å². The van der Waals surface area contributed by atoms with Crippen molar-refractivity contribution in [2.75, 3.05) is 23.7 Å². The summed E-state index contributed by atoms with van der Waals surface area (Å²) in [4.78, 5) is 2.29. The minimum atomic E-state index is 0.631. The van der Waals surface area contributed by atoms with E-state index in [4.69, 9.17) is 11.0 Å². The van der Waals surface area contributed by atoms with Crippen LogP contribution in [-0.2, 0) is 0 Å². The molecule has 2 N–H and O–H groups in total. The highest BCUT2D eigenvalue weighted by Gasteiger charge is 2.26. The average molecular weight is 215 g/mol. The summed E-state index contributed by atoms with van der Waals surface area (Å²) in [5.74, 6) is 0.819. The van der Waals surface area contributed by atoms with E-state index in [-0.39, 0.29) is 0 Å². The van der Waals surface area contributed by atoms with E-state index in [2.05, 4.69) is 17.9 Å². The van der Waals surface area contributed by atoms with Gasteiger partial charge in [-0.25, -0.2) is 0 Å². The molecule has 3 nitrogen and oxygen atoms in total. The zero-order chi connectivity index (χ0) is 11.5. The molecule has 1 aliphatic rings. The molecule has 0 radical (unpaired) electrons. The molecule has 0 spiro atoms. The summed E-state index contributed by atoms with van der Waals surface area (Å²) in [5, 5.41) is 8.76. The molecule has 0 atom stereocenters. The van der Waals surface area contributed by atoms with Crippen LogP contribution in [0.15, 0.2) is 18.2 Å². The second-order valence-corrected chi connectivity index (χ2v) is 4.45. The minimum absolute atomic E-state index is 0.631.